The van der Waals surface area contributed by atoms with Crippen LogP contribution in [0.25, 0.3) is 0 Å². The minimum Gasteiger partial charge on any atom is -0.360 e. The van der Waals surface area contributed by atoms with Gasteiger partial charge >= 0.3 is 0 Å². The van der Waals surface area contributed by atoms with E-state index in [9.17, 15) is 8.42 Å². The number of halogens is 1. The highest BCUT2D eigenvalue weighted by atomic mass is 35.5. The molecule has 0 unspecified atom stereocenters. The molecule has 0 aromatic carbocycles. The van der Waals surface area contributed by atoms with Gasteiger partial charge in [-0.3, -0.25) is 4.31 Å². The number of hydrogen-bond donors (Lipinski definition) is 1. The molecule has 0 amide bonds. The van der Waals surface area contributed by atoms with E-state index in [1.807, 2.05) is 11.4 Å². The van der Waals surface area contributed by atoms with E-state index in [0.717, 1.165) is 41.2 Å². The molecular weight excluding hydrogens is 360 g/mol. The van der Waals surface area contributed by atoms with Crippen LogP contribution in [-0.4, -0.2) is 15.0 Å². The molecule has 0 atom stereocenters. The molecule has 3 heterocycles. The first-order valence-corrected chi connectivity index (χ1v) is 10.3. The van der Waals surface area contributed by atoms with Crippen molar-refractivity contribution in [3.8, 4) is 0 Å². The Kier molecular flexibility index (Phi) is 4.49. The van der Waals surface area contributed by atoms with Gasteiger partial charge in [-0.05, 0) is 43.0 Å². The monoisotopic (exact) mass is 374 g/mol. The molecule has 2 aromatic rings. The maximum absolute atomic E-state index is 13.0. The number of sulfonamides is 1. The molecule has 0 fully saturated rings. The van der Waals surface area contributed by atoms with Crippen LogP contribution in [0.4, 0.5) is 11.4 Å². The number of aryl methyl sites for hydroxylation is 1. The summed E-state index contributed by atoms with van der Waals surface area (Å²) in [6.07, 6.45) is 4.28. The molecule has 0 saturated heterocycles. The first-order chi connectivity index (χ1) is 10.5. The van der Waals surface area contributed by atoms with Crippen molar-refractivity contribution in [2.24, 2.45) is 0 Å². The number of rotatable bonds is 4. The van der Waals surface area contributed by atoms with Crippen LogP contribution >= 0.6 is 34.3 Å². The number of thiophene rings is 2. The van der Waals surface area contributed by atoms with E-state index in [1.165, 1.54) is 10.5 Å². The summed E-state index contributed by atoms with van der Waals surface area (Å²) in [5, 5.41) is 4.81. The molecule has 0 spiro atoms. The fourth-order valence-corrected chi connectivity index (χ4v) is 6.73. The van der Waals surface area contributed by atoms with Crippen LogP contribution in [0.2, 0.25) is 4.34 Å². The zero-order chi connectivity index (χ0) is 15.7. The van der Waals surface area contributed by atoms with Crippen molar-refractivity contribution < 1.29 is 8.42 Å². The van der Waals surface area contributed by atoms with Crippen LogP contribution in [0.1, 0.15) is 17.7 Å². The quantitative estimate of drug-likeness (QED) is 0.853. The van der Waals surface area contributed by atoms with Crippen LogP contribution in [-0.2, 0) is 16.4 Å². The van der Waals surface area contributed by atoms with Crippen LogP contribution in [0.3, 0.4) is 0 Å². The summed E-state index contributed by atoms with van der Waals surface area (Å²) in [6.45, 7) is 4.08. The van der Waals surface area contributed by atoms with E-state index < -0.39 is 10.0 Å². The third-order valence-electron chi connectivity index (χ3n) is 3.47. The molecule has 0 radical (unpaired) electrons. The van der Waals surface area contributed by atoms with Crippen LogP contribution in [0.5, 0.6) is 0 Å². The lowest BCUT2D eigenvalue weighted by atomic mass is 10.2. The Morgan fingerprint density at radius 3 is 3.00 bits per heavy atom. The predicted octanol–water partition coefficient (Wildman–Crippen LogP) is 4.55. The first kappa shape index (κ1) is 15.9. The predicted molar refractivity (Wildman–Crippen MR) is 94.9 cm³/mol. The second-order valence-electron chi connectivity index (χ2n) is 4.86. The second-order valence-corrected chi connectivity index (χ2v) is 9.61. The molecule has 8 heteroatoms. The molecule has 118 valence electrons. The van der Waals surface area contributed by atoms with Crippen molar-refractivity contribution in [3.05, 3.63) is 39.5 Å². The lowest BCUT2D eigenvalue weighted by Crippen LogP contribution is -2.30. The standard InChI is InChI=1S/C14H15ClN2O2S3/c1-2-16-10-9-13(21-14(10)15)22(18,19)17-7-4-3-5-12-11(17)6-8-20-12/h2,6,8-9,16H,1,3-5,7H2. The van der Waals surface area contributed by atoms with Gasteiger partial charge in [0.25, 0.3) is 10.0 Å². The summed E-state index contributed by atoms with van der Waals surface area (Å²) in [7, 11) is -3.59. The van der Waals surface area contributed by atoms with Crippen molar-refractivity contribution >= 4 is 55.7 Å². The van der Waals surface area contributed by atoms with Crippen molar-refractivity contribution in [3.63, 3.8) is 0 Å². The zero-order valence-electron chi connectivity index (χ0n) is 11.7. The van der Waals surface area contributed by atoms with Gasteiger partial charge in [-0.25, -0.2) is 8.42 Å². The summed E-state index contributed by atoms with van der Waals surface area (Å²) in [4.78, 5) is 1.13. The molecule has 22 heavy (non-hydrogen) atoms. The van der Waals surface area contributed by atoms with Gasteiger partial charge in [0.1, 0.15) is 8.55 Å². The minimum atomic E-state index is -3.59. The number of nitrogens with zero attached hydrogens (tertiary/aromatic N) is 1. The Bertz CT molecular complexity index is 795. The molecule has 4 nitrogen and oxygen atoms in total. The van der Waals surface area contributed by atoms with E-state index in [-0.39, 0.29) is 4.21 Å². The van der Waals surface area contributed by atoms with Gasteiger partial charge in [0, 0.05) is 11.4 Å². The van der Waals surface area contributed by atoms with Crippen molar-refractivity contribution in [1.82, 2.24) is 0 Å². The fraction of sp³-hybridized carbons (Fsp3) is 0.286. The molecule has 0 bridgehead atoms. The smallest absolute Gasteiger partial charge is 0.273 e. The molecule has 2 aromatic heterocycles. The number of nitrogens with one attached hydrogen (secondary N) is 1. The van der Waals surface area contributed by atoms with Gasteiger partial charge in [0.15, 0.2) is 0 Å². The molecule has 1 aliphatic heterocycles. The summed E-state index contributed by atoms with van der Waals surface area (Å²) >= 11 is 8.79. The van der Waals surface area contributed by atoms with Crippen molar-refractivity contribution in [2.45, 2.75) is 23.5 Å². The Morgan fingerprint density at radius 2 is 2.23 bits per heavy atom. The third kappa shape index (κ3) is 2.78. The van der Waals surface area contributed by atoms with Gasteiger partial charge < -0.3 is 5.32 Å². The highest BCUT2D eigenvalue weighted by molar-refractivity contribution is 7.94. The van der Waals surface area contributed by atoms with E-state index in [4.69, 9.17) is 11.6 Å². The van der Waals surface area contributed by atoms with Crippen molar-refractivity contribution in [2.75, 3.05) is 16.2 Å². The van der Waals surface area contributed by atoms with Gasteiger partial charge in [0.2, 0.25) is 0 Å². The summed E-state index contributed by atoms with van der Waals surface area (Å²) in [5.41, 5.74) is 1.38. The average Bonchev–Trinajstić information content (AvgIpc) is 3.02. The lowest BCUT2D eigenvalue weighted by molar-refractivity contribution is 0.591. The molecular formula is C14H15ClN2O2S3. The van der Waals surface area contributed by atoms with Gasteiger partial charge in [-0.15, -0.1) is 22.7 Å². The maximum Gasteiger partial charge on any atom is 0.273 e. The van der Waals surface area contributed by atoms with Crippen LogP contribution in [0, 0.1) is 0 Å². The van der Waals surface area contributed by atoms with E-state index in [0.29, 0.717) is 16.6 Å². The summed E-state index contributed by atoms with van der Waals surface area (Å²) in [6, 6.07) is 3.46. The Morgan fingerprint density at radius 1 is 1.41 bits per heavy atom. The SMILES string of the molecule is C=CNc1cc(S(=O)(=O)N2CCCCc3sccc32)sc1Cl. The lowest BCUT2D eigenvalue weighted by Gasteiger charge is -2.21. The molecule has 1 N–H and O–H groups in total. The van der Waals surface area contributed by atoms with Gasteiger partial charge in [-0.2, -0.15) is 0 Å². The average molecular weight is 375 g/mol. The van der Waals surface area contributed by atoms with Gasteiger partial charge in [-0.1, -0.05) is 18.2 Å². The minimum absolute atomic E-state index is 0.251. The topological polar surface area (TPSA) is 49.4 Å². The van der Waals surface area contributed by atoms with E-state index >= 15 is 0 Å². The summed E-state index contributed by atoms with van der Waals surface area (Å²) in [5.74, 6) is 0. The molecule has 0 aliphatic carbocycles. The van der Waals surface area contributed by atoms with Crippen molar-refractivity contribution in [1.29, 1.82) is 0 Å². The second kappa shape index (κ2) is 6.23. The highest BCUT2D eigenvalue weighted by Gasteiger charge is 2.30. The fourth-order valence-electron chi connectivity index (χ4n) is 2.45. The zero-order valence-corrected chi connectivity index (χ0v) is 14.9. The molecule has 0 saturated carbocycles. The normalized spacial score (nSPS) is 15.2. The number of hydrogen-bond acceptors (Lipinski definition) is 5. The molecule has 1 aliphatic rings. The Hall–Kier alpha value is -1.02. The van der Waals surface area contributed by atoms with Gasteiger partial charge in [0.05, 0.1) is 11.4 Å². The highest BCUT2D eigenvalue weighted by Crippen LogP contribution is 2.40. The summed E-state index contributed by atoms with van der Waals surface area (Å²) < 4.78 is 28.2. The maximum atomic E-state index is 13.0. The Labute approximate surface area is 143 Å². The van der Waals surface area contributed by atoms with E-state index in [1.54, 1.807) is 17.4 Å². The first-order valence-electron chi connectivity index (χ1n) is 6.80. The number of fused-ring (bicyclic) bond motifs is 1. The van der Waals surface area contributed by atoms with E-state index in [2.05, 4.69) is 11.9 Å². The largest absolute Gasteiger partial charge is 0.360 e. The third-order valence-corrected chi connectivity index (χ3v) is 8.06. The molecule has 3 rings (SSSR count). The van der Waals surface area contributed by atoms with Crippen LogP contribution in [0.15, 0.2) is 34.5 Å². The Balaban J connectivity index is 2.03. The van der Waals surface area contributed by atoms with Crippen LogP contribution < -0.4 is 9.62 Å². The number of anilines is 2.